The van der Waals surface area contributed by atoms with E-state index in [9.17, 15) is 5.26 Å². The number of alkyl halides is 1. The van der Waals surface area contributed by atoms with Gasteiger partial charge in [0.25, 0.3) is 0 Å². The Morgan fingerprint density at radius 3 is 2.83 bits per heavy atom. The molecule has 0 bridgehead atoms. The van der Waals surface area contributed by atoms with Gasteiger partial charge in [-0.2, -0.15) is 5.26 Å². The molecule has 3 nitrogen and oxygen atoms in total. The third-order valence-corrected chi connectivity index (χ3v) is 3.28. The number of hydrogen-bond donors (Lipinski definition) is 1. The van der Waals surface area contributed by atoms with Crippen LogP contribution in [-0.4, -0.2) is 9.97 Å². The Morgan fingerprint density at radius 1 is 1.44 bits per heavy atom. The highest BCUT2D eigenvalue weighted by Crippen LogP contribution is 2.23. The average molecular weight is 262 g/mol. The van der Waals surface area contributed by atoms with Crippen molar-refractivity contribution in [2.24, 2.45) is 5.92 Å². The van der Waals surface area contributed by atoms with E-state index in [1.54, 1.807) is 0 Å². The normalized spacial score (nSPS) is 11.1. The van der Waals surface area contributed by atoms with Gasteiger partial charge in [-0.05, 0) is 36.5 Å². The second kappa shape index (κ2) is 5.41. The van der Waals surface area contributed by atoms with Crippen LogP contribution < -0.4 is 0 Å². The molecule has 2 aromatic rings. The molecular weight excluding hydrogens is 246 g/mol. The first-order valence-electron chi connectivity index (χ1n) is 6.12. The van der Waals surface area contributed by atoms with Crippen molar-refractivity contribution < 1.29 is 0 Å². The molecular formula is C14H16ClN3. The summed E-state index contributed by atoms with van der Waals surface area (Å²) in [4.78, 5) is 7.65. The SMILES string of the molecule is CC(C)CCc1c(C#N)ccc2[nH]c(CCl)nc12. The standard InChI is InChI=1S/C14H16ClN3/c1-9(2)3-5-11-10(8-16)4-6-12-14(11)18-13(7-15)17-12/h4,6,9H,3,5,7H2,1-2H3,(H,17,18). The Bertz CT molecular complexity index is 593. The van der Waals surface area contributed by atoms with Crippen LogP contribution in [-0.2, 0) is 12.3 Å². The lowest BCUT2D eigenvalue weighted by molar-refractivity contribution is 0.587. The maximum Gasteiger partial charge on any atom is 0.122 e. The fourth-order valence-corrected chi connectivity index (χ4v) is 2.16. The molecule has 1 aromatic carbocycles. The summed E-state index contributed by atoms with van der Waals surface area (Å²) in [6, 6.07) is 6.01. The second-order valence-corrected chi connectivity index (χ2v) is 5.12. The van der Waals surface area contributed by atoms with Gasteiger partial charge in [0.1, 0.15) is 5.82 Å². The molecule has 0 amide bonds. The van der Waals surface area contributed by atoms with E-state index in [0.29, 0.717) is 11.8 Å². The predicted molar refractivity (Wildman–Crippen MR) is 73.5 cm³/mol. The first-order valence-corrected chi connectivity index (χ1v) is 6.65. The molecule has 0 saturated heterocycles. The maximum atomic E-state index is 9.19. The van der Waals surface area contributed by atoms with Gasteiger partial charge in [0.05, 0.1) is 28.5 Å². The Hall–Kier alpha value is -1.53. The van der Waals surface area contributed by atoms with Crippen molar-refractivity contribution in [3.8, 4) is 6.07 Å². The van der Waals surface area contributed by atoms with E-state index in [1.807, 2.05) is 12.1 Å². The van der Waals surface area contributed by atoms with Crippen molar-refractivity contribution >= 4 is 22.6 Å². The number of rotatable bonds is 4. The van der Waals surface area contributed by atoms with Crippen molar-refractivity contribution in [3.05, 3.63) is 29.1 Å². The maximum absolute atomic E-state index is 9.19. The van der Waals surface area contributed by atoms with Crippen molar-refractivity contribution in [1.29, 1.82) is 5.26 Å². The minimum Gasteiger partial charge on any atom is -0.341 e. The van der Waals surface area contributed by atoms with Crippen molar-refractivity contribution in [3.63, 3.8) is 0 Å². The van der Waals surface area contributed by atoms with E-state index in [1.165, 1.54) is 0 Å². The van der Waals surface area contributed by atoms with Crippen molar-refractivity contribution in [2.75, 3.05) is 0 Å². The molecule has 0 unspecified atom stereocenters. The first kappa shape index (κ1) is 12.9. The van der Waals surface area contributed by atoms with E-state index < -0.39 is 0 Å². The van der Waals surface area contributed by atoms with Gasteiger partial charge in [0, 0.05) is 0 Å². The summed E-state index contributed by atoms with van der Waals surface area (Å²) in [5, 5.41) is 9.19. The zero-order valence-electron chi connectivity index (χ0n) is 10.6. The van der Waals surface area contributed by atoms with E-state index >= 15 is 0 Å². The fourth-order valence-electron chi connectivity index (χ4n) is 2.04. The Morgan fingerprint density at radius 2 is 2.22 bits per heavy atom. The number of benzene rings is 1. The molecule has 18 heavy (non-hydrogen) atoms. The number of nitriles is 1. The van der Waals surface area contributed by atoms with Crippen LogP contribution in [0.2, 0.25) is 0 Å². The highest BCUT2D eigenvalue weighted by Gasteiger charge is 2.12. The number of nitrogens with zero attached hydrogens (tertiary/aromatic N) is 2. The second-order valence-electron chi connectivity index (χ2n) is 4.85. The molecule has 0 fully saturated rings. The number of aryl methyl sites for hydroxylation is 1. The number of fused-ring (bicyclic) bond motifs is 1. The van der Waals surface area contributed by atoms with E-state index in [2.05, 4.69) is 29.9 Å². The van der Waals surface area contributed by atoms with Crippen LogP contribution in [0.3, 0.4) is 0 Å². The Labute approximate surface area is 112 Å². The zero-order chi connectivity index (χ0) is 13.1. The molecule has 0 saturated carbocycles. The zero-order valence-corrected chi connectivity index (χ0v) is 11.4. The number of aromatic amines is 1. The van der Waals surface area contributed by atoms with Crippen LogP contribution in [0.4, 0.5) is 0 Å². The summed E-state index contributed by atoms with van der Waals surface area (Å²) in [6.45, 7) is 4.36. The van der Waals surface area contributed by atoms with Gasteiger partial charge in [0.2, 0.25) is 0 Å². The van der Waals surface area contributed by atoms with Gasteiger partial charge in [-0.15, -0.1) is 11.6 Å². The van der Waals surface area contributed by atoms with Crippen LogP contribution in [0, 0.1) is 17.2 Å². The van der Waals surface area contributed by atoms with E-state index in [0.717, 1.165) is 40.8 Å². The molecule has 0 radical (unpaired) electrons. The van der Waals surface area contributed by atoms with Gasteiger partial charge in [-0.1, -0.05) is 13.8 Å². The lowest BCUT2D eigenvalue weighted by Crippen LogP contribution is -1.96. The van der Waals surface area contributed by atoms with Gasteiger partial charge >= 0.3 is 0 Å². The third-order valence-electron chi connectivity index (χ3n) is 3.03. The minimum atomic E-state index is 0.361. The summed E-state index contributed by atoms with van der Waals surface area (Å²) in [5.74, 6) is 1.73. The predicted octanol–water partition coefficient (Wildman–Crippen LogP) is 3.76. The van der Waals surface area contributed by atoms with Gasteiger partial charge in [0.15, 0.2) is 0 Å². The van der Waals surface area contributed by atoms with Crippen LogP contribution >= 0.6 is 11.6 Å². The van der Waals surface area contributed by atoms with Crippen LogP contribution in [0.25, 0.3) is 11.0 Å². The molecule has 4 heteroatoms. The number of nitrogens with one attached hydrogen (secondary N) is 1. The molecule has 0 aliphatic heterocycles. The summed E-state index contributed by atoms with van der Waals surface area (Å²) < 4.78 is 0. The van der Waals surface area contributed by atoms with Crippen molar-refractivity contribution in [1.82, 2.24) is 9.97 Å². The topological polar surface area (TPSA) is 52.5 Å². The number of halogens is 1. The number of imidazole rings is 1. The lowest BCUT2D eigenvalue weighted by atomic mass is 9.98. The van der Waals surface area contributed by atoms with Crippen LogP contribution in [0.1, 0.15) is 37.2 Å². The molecule has 0 atom stereocenters. The third kappa shape index (κ3) is 2.49. The average Bonchev–Trinajstić information content (AvgIpc) is 2.78. The molecule has 1 N–H and O–H groups in total. The van der Waals surface area contributed by atoms with Gasteiger partial charge in [-0.3, -0.25) is 0 Å². The molecule has 0 aliphatic carbocycles. The number of hydrogen-bond acceptors (Lipinski definition) is 2. The molecule has 2 rings (SSSR count). The van der Waals surface area contributed by atoms with Crippen LogP contribution in [0.5, 0.6) is 0 Å². The van der Waals surface area contributed by atoms with Crippen molar-refractivity contribution in [2.45, 2.75) is 32.6 Å². The smallest absolute Gasteiger partial charge is 0.122 e. The molecule has 0 spiro atoms. The summed E-state index contributed by atoms with van der Waals surface area (Å²) in [6.07, 6.45) is 1.93. The lowest BCUT2D eigenvalue weighted by Gasteiger charge is -2.07. The fraction of sp³-hybridized carbons (Fsp3) is 0.429. The summed E-state index contributed by atoms with van der Waals surface area (Å²) >= 11 is 5.79. The van der Waals surface area contributed by atoms with Crippen LogP contribution in [0.15, 0.2) is 12.1 Å². The largest absolute Gasteiger partial charge is 0.341 e. The van der Waals surface area contributed by atoms with E-state index in [-0.39, 0.29) is 0 Å². The van der Waals surface area contributed by atoms with E-state index in [4.69, 9.17) is 11.6 Å². The van der Waals surface area contributed by atoms with Gasteiger partial charge < -0.3 is 4.98 Å². The first-order chi connectivity index (χ1) is 8.65. The summed E-state index contributed by atoms with van der Waals surface area (Å²) in [5.41, 5.74) is 3.61. The highest BCUT2D eigenvalue weighted by atomic mass is 35.5. The van der Waals surface area contributed by atoms with Gasteiger partial charge in [-0.25, -0.2) is 4.98 Å². The molecule has 1 aromatic heterocycles. The Kier molecular flexibility index (Phi) is 3.88. The minimum absolute atomic E-state index is 0.361. The molecule has 94 valence electrons. The Balaban J connectivity index is 2.51. The number of H-pyrrole nitrogens is 1. The monoisotopic (exact) mass is 261 g/mol. The highest BCUT2D eigenvalue weighted by molar-refractivity contribution is 6.16. The molecule has 0 aliphatic rings. The summed E-state index contributed by atoms with van der Waals surface area (Å²) in [7, 11) is 0. The number of aromatic nitrogens is 2. The molecule has 1 heterocycles. The quantitative estimate of drug-likeness (QED) is 0.852.